The second-order valence-corrected chi connectivity index (χ2v) is 4.07. The Morgan fingerprint density at radius 3 is 2.90 bits per heavy atom. The molecule has 0 fully saturated rings. The van der Waals surface area contributed by atoms with Crippen LogP contribution in [0.15, 0.2) is 27.9 Å². The summed E-state index contributed by atoms with van der Waals surface area (Å²) in [5, 5.41) is 21.0. The molecule has 1 aromatic carbocycles. The van der Waals surface area contributed by atoms with E-state index in [0.29, 0.717) is 0 Å². The van der Waals surface area contributed by atoms with Crippen molar-refractivity contribution < 1.29 is 14.3 Å². The number of non-ortho nitro benzene ring substituents is 1. The van der Waals surface area contributed by atoms with Gasteiger partial charge in [0.15, 0.2) is 0 Å². The number of carbonyl (C=O) groups is 1. The van der Waals surface area contributed by atoms with Gasteiger partial charge in [-0.05, 0) is 16.4 Å². The Balaban J connectivity index is 2.11. The van der Waals surface area contributed by atoms with E-state index in [1.165, 1.54) is 18.2 Å². The summed E-state index contributed by atoms with van der Waals surface area (Å²) in [6, 6.07) is 3.81. The molecule has 0 spiro atoms. The van der Waals surface area contributed by atoms with Crippen molar-refractivity contribution in [2.24, 2.45) is 5.10 Å². The number of hydrazone groups is 1. The smallest absolute Gasteiger partial charge is 0.297 e. The van der Waals surface area contributed by atoms with E-state index in [4.69, 9.17) is 17.3 Å². The number of nitrogen functional groups attached to an aromatic ring is 1. The Morgan fingerprint density at radius 1 is 1.52 bits per heavy atom. The van der Waals surface area contributed by atoms with E-state index in [2.05, 4.69) is 25.5 Å². The second-order valence-electron chi connectivity index (χ2n) is 3.66. The van der Waals surface area contributed by atoms with Gasteiger partial charge in [-0.15, -0.1) is 0 Å². The summed E-state index contributed by atoms with van der Waals surface area (Å²) in [6.45, 7) is 0. The van der Waals surface area contributed by atoms with Gasteiger partial charge in [0.25, 0.3) is 11.6 Å². The molecule has 10 nitrogen and oxygen atoms in total. The Kier molecular flexibility index (Phi) is 4.09. The van der Waals surface area contributed by atoms with E-state index in [0.717, 1.165) is 6.21 Å². The lowest BCUT2D eigenvalue weighted by atomic mass is 10.2. The summed E-state index contributed by atoms with van der Waals surface area (Å²) in [5.41, 5.74) is 7.32. The van der Waals surface area contributed by atoms with E-state index in [9.17, 15) is 14.9 Å². The Labute approximate surface area is 121 Å². The lowest BCUT2D eigenvalue weighted by Crippen LogP contribution is -2.19. The molecule has 2 aromatic rings. The van der Waals surface area contributed by atoms with Gasteiger partial charge < -0.3 is 5.73 Å². The molecule has 0 bridgehead atoms. The SMILES string of the molecule is Nc1nonc1C(=O)NN=Cc1cc([N+](=O)[O-])ccc1Cl. The highest BCUT2D eigenvalue weighted by molar-refractivity contribution is 6.33. The molecule has 0 unspecified atom stereocenters. The predicted octanol–water partition coefficient (Wildman–Crippen LogP) is 0.977. The minimum absolute atomic E-state index is 0.155. The van der Waals surface area contributed by atoms with Gasteiger partial charge in [-0.2, -0.15) is 5.10 Å². The highest BCUT2D eigenvalue weighted by atomic mass is 35.5. The third kappa shape index (κ3) is 3.30. The number of nitrogens with one attached hydrogen (secondary N) is 1. The zero-order valence-corrected chi connectivity index (χ0v) is 10.9. The number of nitro groups is 1. The minimum Gasteiger partial charge on any atom is -0.379 e. The molecule has 0 aliphatic carbocycles. The van der Waals surface area contributed by atoms with Crippen LogP contribution in [-0.4, -0.2) is 27.4 Å². The molecule has 1 aromatic heterocycles. The van der Waals surface area contributed by atoms with Crippen LogP contribution < -0.4 is 11.2 Å². The third-order valence-corrected chi connectivity index (χ3v) is 2.63. The van der Waals surface area contributed by atoms with Crippen LogP contribution in [-0.2, 0) is 0 Å². The molecule has 108 valence electrons. The van der Waals surface area contributed by atoms with Crippen molar-refractivity contribution in [1.82, 2.24) is 15.7 Å². The number of amides is 1. The Bertz CT molecular complexity index is 728. The number of nitrogens with zero attached hydrogens (tertiary/aromatic N) is 4. The van der Waals surface area contributed by atoms with E-state index in [-0.39, 0.29) is 27.8 Å². The van der Waals surface area contributed by atoms with Crippen LogP contribution in [0.5, 0.6) is 0 Å². The number of nitro benzene ring substituents is 1. The van der Waals surface area contributed by atoms with Gasteiger partial charge in [0.05, 0.1) is 11.1 Å². The largest absolute Gasteiger partial charge is 0.379 e. The first-order valence-electron chi connectivity index (χ1n) is 5.34. The highest BCUT2D eigenvalue weighted by Gasteiger charge is 2.15. The number of halogens is 1. The van der Waals surface area contributed by atoms with Gasteiger partial charge in [0, 0.05) is 22.7 Å². The lowest BCUT2D eigenvalue weighted by molar-refractivity contribution is -0.384. The predicted molar refractivity (Wildman–Crippen MR) is 71.9 cm³/mol. The maximum atomic E-state index is 11.6. The van der Waals surface area contributed by atoms with Crippen LogP contribution in [0.3, 0.4) is 0 Å². The number of benzene rings is 1. The van der Waals surface area contributed by atoms with Crippen molar-refractivity contribution in [3.63, 3.8) is 0 Å². The van der Waals surface area contributed by atoms with Crippen molar-refractivity contribution in [3.05, 3.63) is 44.6 Å². The molecule has 2 rings (SSSR count). The van der Waals surface area contributed by atoms with Gasteiger partial charge in [0.1, 0.15) is 0 Å². The summed E-state index contributed by atoms with van der Waals surface area (Å²) in [7, 11) is 0. The number of anilines is 1. The van der Waals surface area contributed by atoms with Crippen LogP contribution in [0.2, 0.25) is 5.02 Å². The summed E-state index contributed by atoms with van der Waals surface area (Å²) in [5.74, 6) is -0.928. The fourth-order valence-corrected chi connectivity index (χ4v) is 1.48. The molecule has 0 saturated carbocycles. The molecule has 1 amide bonds. The lowest BCUT2D eigenvalue weighted by Gasteiger charge is -1.98. The van der Waals surface area contributed by atoms with Crippen LogP contribution in [0.1, 0.15) is 16.1 Å². The Morgan fingerprint density at radius 2 is 2.29 bits per heavy atom. The molecule has 0 aliphatic rings. The fourth-order valence-electron chi connectivity index (χ4n) is 1.31. The first kappa shape index (κ1) is 14.4. The summed E-state index contributed by atoms with van der Waals surface area (Å²) in [6.07, 6.45) is 1.15. The van der Waals surface area contributed by atoms with Gasteiger partial charge in [-0.3, -0.25) is 14.9 Å². The molecule has 21 heavy (non-hydrogen) atoms. The van der Waals surface area contributed by atoms with E-state index >= 15 is 0 Å². The van der Waals surface area contributed by atoms with E-state index in [1.54, 1.807) is 0 Å². The number of nitrogens with two attached hydrogens (primary N) is 1. The molecule has 3 N–H and O–H groups in total. The molecule has 11 heteroatoms. The monoisotopic (exact) mass is 310 g/mol. The fraction of sp³-hybridized carbons (Fsp3) is 0. The van der Waals surface area contributed by atoms with Crippen LogP contribution in [0.4, 0.5) is 11.5 Å². The van der Waals surface area contributed by atoms with Gasteiger partial charge >= 0.3 is 0 Å². The van der Waals surface area contributed by atoms with Gasteiger partial charge in [-0.25, -0.2) is 10.1 Å². The van der Waals surface area contributed by atoms with Gasteiger partial charge in [-0.1, -0.05) is 11.6 Å². The average Bonchev–Trinajstić information content (AvgIpc) is 2.86. The topological polar surface area (TPSA) is 150 Å². The van der Waals surface area contributed by atoms with E-state index < -0.39 is 10.8 Å². The zero-order valence-electron chi connectivity index (χ0n) is 10.2. The first-order chi connectivity index (χ1) is 9.99. The van der Waals surface area contributed by atoms with Crippen LogP contribution >= 0.6 is 11.6 Å². The van der Waals surface area contributed by atoms with Crippen molar-refractivity contribution in [2.75, 3.05) is 5.73 Å². The molecular formula is C10H7ClN6O4. The molecule has 0 radical (unpaired) electrons. The number of carbonyl (C=O) groups excluding carboxylic acids is 1. The molecular weight excluding hydrogens is 304 g/mol. The second kappa shape index (κ2) is 5.96. The standard InChI is InChI=1S/C10H7ClN6O4/c11-7-2-1-6(17(19)20)3-5(7)4-13-14-10(18)8-9(12)16-21-15-8/h1-4H,(H2,12,16)(H,14,18). The summed E-state index contributed by atoms with van der Waals surface area (Å²) < 4.78 is 4.26. The highest BCUT2D eigenvalue weighted by Crippen LogP contribution is 2.20. The number of aromatic nitrogens is 2. The van der Waals surface area contributed by atoms with Crippen molar-refractivity contribution >= 4 is 35.2 Å². The molecule has 0 saturated heterocycles. The van der Waals surface area contributed by atoms with Crippen molar-refractivity contribution in [2.45, 2.75) is 0 Å². The van der Waals surface area contributed by atoms with E-state index in [1.807, 2.05) is 0 Å². The molecule has 1 heterocycles. The number of rotatable bonds is 4. The van der Waals surface area contributed by atoms with Crippen molar-refractivity contribution in [1.29, 1.82) is 0 Å². The zero-order chi connectivity index (χ0) is 15.4. The minimum atomic E-state index is -0.744. The quantitative estimate of drug-likeness (QED) is 0.485. The summed E-state index contributed by atoms with van der Waals surface area (Å²) in [4.78, 5) is 21.6. The maximum Gasteiger partial charge on any atom is 0.297 e. The molecule has 0 atom stereocenters. The van der Waals surface area contributed by atoms with Crippen LogP contribution in [0.25, 0.3) is 0 Å². The van der Waals surface area contributed by atoms with Gasteiger partial charge in [0.2, 0.25) is 11.5 Å². The summed E-state index contributed by atoms with van der Waals surface area (Å²) >= 11 is 5.86. The van der Waals surface area contributed by atoms with Crippen molar-refractivity contribution in [3.8, 4) is 0 Å². The maximum absolute atomic E-state index is 11.6. The first-order valence-corrected chi connectivity index (χ1v) is 5.72. The number of hydrogen-bond acceptors (Lipinski definition) is 8. The van der Waals surface area contributed by atoms with Crippen LogP contribution in [0, 0.1) is 10.1 Å². The number of hydrogen-bond donors (Lipinski definition) is 2. The molecule has 0 aliphatic heterocycles. The third-order valence-electron chi connectivity index (χ3n) is 2.29. The Hall–Kier alpha value is -3.01. The average molecular weight is 311 g/mol. The normalized spacial score (nSPS) is 10.7.